The number of hydrogen-bond acceptors (Lipinski definition) is 5. The number of nitrogens with zero attached hydrogens (tertiary/aromatic N) is 1. The molecule has 1 aromatic rings. The van der Waals surface area contributed by atoms with E-state index in [1.165, 1.54) is 25.3 Å². The SMILES string of the molecule is COC(=O)Cc1ccc(C(=O)O)cc1CC[N+](=O)[O-]. The van der Waals surface area contributed by atoms with Crippen molar-refractivity contribution < 1.29 is 24.4 Å². The van der Waals surface area contributed by atoms with Gasteiger partial charge in [-0.25, -0.2) is 4.79 Å². The van der Waals surface area contributed by atoms with E-state index in [2.05, 4.69) is 4.74 Å². The third-order valence-electron chi connectivity index (χ3n) is 2.58. The Morgan fingerprint density at radius 3 is 2.58 bits per heavy atom. The number of methoxy groups -OCH3 is 1. The van der Waals surface area contributed by atoms with Crippen LogP contribution in [0.15, 0.2) is 18.2 Å². The quantitative estimate of drug-likeness (QED) is 0.466. The molecule has 19 heavy (non-hydrogen) atoms. The van der Waals surface area contributed by atoms with E-state index in [9.17, 15) is 19.7 Å². The maximum atomic E-state index is 11.2. The highest BCUT2D eigenvalue weighted by Crippen LogP contribution is 2.15. The Labute approximate surface area is 109 Å². The first-order valence-corrected chi connectivity index (χ1v) is 5.47. The zero-order valence-corrected chi connectivity index (χ0v) is 10.3. The normalized spacial score (nSPS) is 9.95. The van der Waals surface area contributed by atoms with Crippen LogP contribution in [0, 0.1) is 10.1 Å². The fourth-order valence-corrected chi connectivity index (χ4v) is 1.60. The van der Waals surface area contributed by atoms with Crippen molar-refractivity contribution in [1.29, 1.82) is 0 Å². The summed E-state index contributed by atoms with van der Waals surface area (Å²) < 4.78 is 4.52. The number of esters is 1. The van der Waals surface area contributed by atoms with Crippen LogP contribution in [0.5, 0.6) is 0 Å². The summed E-state index contributed by atoms with van der Waals surface area (Å²) in [6.07, 6.45) is 0.0316. The van der Waals surface area contributed by atoms with E-state index < -0.39 is 16.9 Å². The highest BCUT2D eigenvalue weighted by molar-refractivity contribution is 5.88. The van der Waals surface area contributed by atoms with Gasteiger partial charge in [-0.05, 0) is 23.3 Å². The number of benzene rings is 1. The summed E-state index contributed by atoms with van der Waals surface area (Å²) in [5.74, 6) is -1.60. The Balaban J connectivity index is 3.03. The average molecular weight is 267 g/mol. The van der Waals surface area contributed by atoms with Gasteiger partial charge < -0.3 is 9.84 Å². The van der Waals surface area contributed by atoms with Gasteiger partial charge in [-0.2, -0.15) is 0 Å². The van der Waals surface area contributed by atoms with E-state index in [1.54, 1.807) is 0 Å². The molecule has 1 N–H and O–H groups in total. The number of carboxylic acids is 1. The predicted octanol–water partition coefficient (Wildman–Crippen LogP) is 0.919. The van der Waals surface area contributed by atoms with Crippen molar-refractivity contribution in [2.24, 2.45) is 0 Å². The van der Waals surface area contributed by atoms with Crippen molar-refractivity contribution in [3.63, 3.8) is 0 Å². The van der Waals surface area contributed by atoms with E-state index in [0.29, 0.717) is 11.1 Å². The van der Waals surface area contributed by atoms with Gasteiger partial charge in [0, 0.05) is 11.3 Å². The minimum absolute atomic E-state index is 0.0342. The topological polar surface area (TPSA) is 107 Å². The van der Waals surface area contributed by atoms with Crippen molar-refractivity contribution in [2.75, 3.05) is 13.7 Å². The van der Waals surface area contributed by atoms with Crippen molar-refractivity contribution in [3.8, 4) is 0 Å². The van der Waals surface area contributed by atoms with Crippen molar-refractivity contribution in [3.05, 3.63) is 45.0 Å². The number of rotatable bonds is 6. The molecule has 0 fully saturated rings. The highest BCUT2D eigenvalue weighted by Gasteiger charge is 2.13. The van der Waals surface area contributed by atoms with Crippen molar-refractivity contribution in [1.82, 2.24) is 0 Å². The molecule has 0 aliphatic heterocycles. The Morgan fingerprint density at radius 2 is 2.05 bits per heavy atom. The molecule has 7 nitrogen and oxygen atoms in total. The van der Waals surface area contributed by atoms with Gasteiger partial charge in [-0.1, -0.05) is 6.07 Å². The predicted molar refractivity (Wildman–Crippen MR) is 64.7 cm³/mol. The lowest BCUT2D eigenvalue weighted by atomic mass is 9.99. The molecular formula is C12H13NO6. The monoisotopic (exact) mass is 267 g/mol. The van der Waals surface area contributed by atoms with Crippen LogP contribution in [-0.4, -0.2) is 35.6 Å². The molecule has 1 rings (SSSR count). The first-order chi connectivity index (χ1) is 8.93. The lowest BCUT2D eigenvalue weighted by Gasteiger charge is -2.08. The molecule has 0 saturated heterocycles. The smallest absolute Gasteiger partial charge is 0.335 e. The Morgan fingerprint density at radius 1 is 1.37 bits per heavy atom. The fraction of sp³-hybridized carbons (Fsp3) is 0.333. The van der Waals surface area contributed by atoms with Gasteiger partial charge in [0.1, 0.15) is 0 Å². The van der Waals surface area contributed by atoms with E-state index >= 15 is 0 Å². The van der Waals surface area contributed by atoms with Crippen LogP contribution in [0.2, 0.25) is 0 Å². The molecule has 0 amide bonds. The zero-order valence-electron chi connectivity index (χ0n) is 10.3. The average Bonchev–Trinajstić information content (AvgIpc) is 2.36. The number of carbonyl (C=O) groups excluding carboxylic acids is 1. The zero-order chi connectivity index (χ0) is 14.4. The summed E-state index contributed by atoms with van der Waals surface area (Å²) >= 11 is 0. The third-order valence-corrected chi connectivity index (χ3v) is 2.58. The molecule has 0 saturated carbocycles. The van der Waals surface area contributed by atoms with Crippen molar-refractivity contribution in [2.45, 2.75) is 12.8 Å². The molecule has 1 aromatic carbocycles. The lowest BCUT2D eigenvalue weighted by molar-refractivity contribution is -0.479. The third kappa shape index (κ3) is 4.38. The number of aromatic carboxylic acids is 1. The maximum absolute atomic E-state index is 11.2. The van der Waals surface area contributed by atoms with E-state index in [-0.39, 0.29) is 24.9 Å². The second kappa shape index (κ2) is 6.48. The van der Waals surface area contributed by atoms with Crippen molar-refractivity contribution >= 4 is 11.9 Å². The molecule has 0 atom stereocenters. The maximum Gasteiger partial charge on any atom is 0.335 e. The van der Waals surface area contributed by atoms with Gasteiger partial charge in [0.05, 0.1) is 19.1 Å². The van der Waals surface area contributed by atoms with Crippen LogP contribution >= 0.6 is 0 Å². The summed E-state index contributed by atoms with van der Waals surface area (Å²) in [7, 11) is 1.24. The van der Waals surface area contributed by atoms with Gasteiger partial charge in [0.2, 0.25) is 6.54 Å². The molecule has 0 aliphatic carbocycles. The Hall–Kier alpha value is -2.44. The molecule has 0 heterocycles. The summed E-state index contributed by atoms with van der Waals surface area (Å²) in [6.45, 7) is -0.322. The molecule has 0 aliphatic rings. The van der Waals surface area contributed by atoms with Crippen LogP contribution in [0.4, 0.5) is 0 Å². The molecule has 0 spiro atoms. The molecular weight excluding hydrogens is 254 g/mol. The fourth-order valence-electron chi connectivity index (χ4n) is 1.60. The summed E-state index contributed by atoms with van der Waals surface area (Å²) in [5.41, 5.74) is 1.05. The Kier molecular flexibility index (Phi) is 4.99. The molecule has 7 heteroatoms. The number of carboxylic acid groups (broad SMARTS) is 1. The minimum Gasteiger partial charge on any atom is -0.478 e. The van der Waals surface area contributed by atoms with E-state index in [1.807, 2.05) is 0 Å². The minimum atomic E-state index is -1.12. The van der Waals surface area contributed by atoms with Gasteiger partial charge in [0.15, 0.2) is 0 Å². The first-order valence-electron chi connectivity index (χ1n) is 5.47. The molecule has 0 aromatic heterocycles. The second-order valence-corrected chi connectivity index (χ2v) is 3.85. The number of carbonyl (C=O) groups is 2. The second-order valence-electron chi connectivity index (χ2n) is 3.85. The van der Waals surface area contributed by atoms with E-state index in [0.717, 1.165) is 0 Å². The van der Waals surface area contributed by atoms with Gasteiger partial charge in [0.25, 0.3) is 0 Å². The standard InChI is InChI=1S/C12H13NO6/c1-19-11(14)7-8-2-3-10(12(15)16)6-9(8)4-5-13(17)18/h2-3,6H,4-5,7H2,1H3,(H,15,16). The summed E-state index contributed by atoms with van der Waals surface area (Å²) in [6, 6.07) is 4.19. The molecule has 0 unspecified atom stereocenters. The van der Waals surface area contributed by atoms with Gasteiger partial charge >= 0.3 is 11.9 Å². The van der Waals surface area contributed by atoms with Crippen LogP contribution in [-0.2, 0) is 22.4 Å². The molecule has 0 bridgehead atoms. The first kappa shape index (κ1) is 14.6. The largest absolute Gasteiger partial charge is 0.478 e. The number of nitro groups is 1. The Bertz CT molecular complexity index is 511. The molecule has 102 valence electrons. The van der Waals surface area contributed by atoms with Crippen LogP contribution in [0.3, 0.4) is 0 Å². The summed E-state index contributed by atoms with van der Waals surface area (Å²) in [5, 5.41) is 19.3. The lowest BCUT2D eigenvalue weighted by Crippen LogP contribution is -2.11. The number of ether oxygens (including phenoxy) is 1. The van der Waals surface area contributed by atoms with Crippen LogP contribution in [0.25, 0.3) is 0 Å². The molecule has 0 radical (unpaired) electrons. The summed E-state index contributed by atoms with van der Waals surface area (Å²) in [4.78, 5) is 32.0. The van der Waals surface area contributed by atoms with Crippen LogP contribution < -0.4 is 0 Å². The number of hydrogen-bond donors (Lipinski definition) is 1. The van der Waals surface area contributed by atoms with Crippen LogP contribution in [0.1, 0.15) is 21.5 Å². The van der Waals surface area contributed by atoms with Gasteiger partial charge in [-0.15, -0.1) is 0 Å². The van der Waals surface area contributed by atoms with E-state index in [4.69, 9.17) is 5.11 Å². The van der Waals surface area contributed by atoms with Gasteiger partial charge in [-0.3, -0.25) is 14.9 Å². The highest BCUT2D eigenvalue weighted by atomic mass is 16.6.